The summed E-state index contributed by atoms with van der Waals surface area (Å²) < 4.78 is 5.07. The van der Waals surface area contributed by atoms with E-state index in [2.05, 4.69) is 11.4 Å². The summed E-state index contributed by atoms with van der Waals surface area (Å²) >= 11 is 1.66. The number of nitrogens with two attached hydrogens (primary N) is 1. The molecule has 0 radical (unpaired) electrons. The van der Waals surface area contributed by atoms with Crippen molar-refractivity contribution in [3.8, 4) is 0 Å². The Hall–Kier alpha value is -0.910. The zero-order valence-electron chi connectivity index (χ0n) is 9.29. The first-order valence-corrected chi connectivity index (χ1v) is 6.15. The minimum absolute atomic E-state index is 0.00838. The van der Waals surface area contributed by atoms with Crippen LogP contribution in [0.15, 0.2) is 11.4 Å². The molecule has 1 saturated heterocycles. The molecule has 0 saturated carbocycles. The second-order valence-electron chi connectivity index (χ2n) is 4.19. The first-order chi connectivity index (χ1) is 7.68. The van der Waals surface area contributed by atoms with E-state index in [1.807, 2.05) is 12.3 Å². The first kappa shape index (κ1) is 11.6. The molecule has 0 unspecified atom stereocenters. The molecule has 1 aliphatic rings. The number of ether oxygens (including phenoxy) is 1. The number of amides is 1. The number of carbonyl (C=O) groups excluding carboxylic acids is 1. The lowest BCUT2D eigenvalue weighted by Crippen LogP contribution is -2.58. The molecule has 0 spiro atoms. The van der Waals surface area contributed by atoms with Crippen LogP contribution in [-0.4, -0.2) is 25.7 Å². The van der Waals surface area contributed by atoms with E-state index in [-0.39, 0.29) is 5.91 Å². The van der Waals surface area contributed by atoms with E-state index in [0.717, 1.165) is 0 Å². The molecule has 16 heavy (non-hydrogen) atoms. The van der Waals surface area contributed by atoms with Gasteiger partial charge in [-0.2, -0.15) is 0 Å². The summed E-state index contributed by atoms with van der Waals surface area (Å²) in [6, 6.07) is 2.05. The summed E-state index contributed by atoms with van der Waals surface area (Å²) in [5.41, 5.74) is 6.35. The van der Waals surface area contributed by atoms with Crippen LogP contribution < -0.4 is 11.1 Å². The van der Waals surface area contributed by atoms with Gasteiger partial charge in [0.2, 0.25) is 5.91 Å². The van der Waals surface area contributed by atoms with Gasteiger partial charge >= 0.3 is 0 Å². The van der Waals surface area contributed by atoms with Gasteiger partial charge in [-0.1, -0.05) is 0 Å². The van der Waals surface area contributed by atoms with Crippen molar-refractivity contribution in [3.05, 3.63) is 21.9 Å². The van der Waals surface area contributed by atoms with Crippen molar-refractivity contribution in [3.63, 3.8) is 0 Å². The molecular weight excluding hydrogens is 224 g/mol. The van der Waals surface area contributed by atoms with Crippen molar-refractivity contribution in [2.75, 3.05) is 19.8 Å². The molecule has 4 nitrogen and oxygen atoms in total. The highest BCUT2D eigenvalue weighted by Gasteiger charge is 2.44. The summed E-state index contributed by atoms with van der Waals surface area (Å²) in [5.74, 6) is 0.00838. The largest absolute Gasteiger partial charge is 0.379 e. The molecule has 0 bridgehead atoms. The van der Waals surface area contributed by atoms with Crippen LogP contribution in [0.2, 0.25) is 0 Å². The molecule has 1 amide bonds. The lowest BCUT2D eigenvalue weighted by molar-refractivity contribution is -0.159. The quantitative estimate of drug-likeness (QED) is 0.812. The van der Waals surface area contributed by atoms with Gasteiger partial charge in [-0.15, -0.1) is 11.3 Å². The van der Waals surface area contributed by atoms with Crippen LogP contribution in [0.3, 0.4) is 0 Å². The first-order valence-electron chi connectivity index (χ1n) is 5.27. The van der Waals surface area contributed by atoms with Crippen LogP contribution in [0.5, 0.6) is 0 Å². The normalized spacial score (nSPS) is 17.9. The van der Waals surface area contributed by atoms with Gasteiger partial charge in [0.15, 0.2) is 0 Å². The van der Waals surface area contributed by atoms with Gasteiger partial charge in [-0.3, -0.25) is 4.79 Å². The third-order valence-corrected chi connectivity index (χ3v) is 4.03. The second kappa shape index (κ2) is 4.53. The van der Waals surface area contributed by atoms with Crippen LogP contribution in [0, 0.1) is 12.3 Å². The second-order valence-corrected chi connectivity index (χ2v) is 5.19. The van der Waals surface area contributed by atoms with Gasteiger partial charge in [0.05, 0.1) is 19.8 Å². The highest BCUT2D eigenvalue weighted by molar-refractivity contribution is 7.10. The van der Waals surface area contributed by atoms with Crippen molar-refractivity contribution in [2.45, 2.75) is 13.5 Å². The highest BCUT2D eigenvalue weighted by atomic mass is 32.1. The maximum Gasteiger partial charge on any atom is 0.232 e. The minimum atomic E-state index is -0.481. The fourth-order valence-electron chi connectivity index (χ4n) is 1.62. The summed E-state index contributed by atoms with van der Waals surface area (Å²) in [6.45, 7) is 3.87. The molecule has 0 atom stereocenters. The predicted octanol–water partition coefficient (Wildman–Crippen LogP) is 0.648. The molecule has 5 heteroatoms. The Morgan fingerprint density at radius 3 is 2.88 bits per heavy atom. The molecule has 0 aromatic carbocycles. The van der Waals surface area contributed by atoms with Crippen molar-refractivity contribution >= 4 is 17.2 Å². The molecule has 1 aromatic heterocycles. The predicted molar refractivity (Wildman–Crippen MR) is 63.2 cm³/mol. The van der Waals surface area contributed by atoms with E-state index >= 15 is 0 Å². The van der Waals surface area contributed by atoms with Crippen LogP contribution >= 0.6 is 11.3 Å². The lowest BCUT2D eigenvalue weighted by atomic mass is 9.85. The fraction of sp³-hybridized carbons (Fsp3) is 0.545. The fourth-order valence-corrected chi connectivity index (χ4v) is 2.47. The molecule has 1 fully saturated rings. The number of thiophene rings is 1. The summed E-state index contributed by atoms with van der Waals surface area (Å²) in [4.78, 5) is 13.1. The zero-order valence-corrected chi connectivity index (χ0v) is 10.1. The van der Waals surface area contributed by atoms with E-state index in [1.165, 1.54) is 10.4 Å². The summed E-state index contributed by atoms with van der Waals surface area (Å²) in [7, 11) is 0. The number of aryl methyl sites for hydroxylation is 1. The Kier molecular flexibility index (Phi) is 3.28. The molecule has 0 aliphatic carbocycles. The number of carbonyl (C=O) groups is 1. The minimum Gasteiger partial charge on any atom is -0.379 e. The average Bonchev–Trinajstić information content (AvgIpc) is 2.60. The molecule has 88 valence electrons. The van der Waals surface area contributed by atoms with Crippen LogP contribution in [0.25, 0.3) is 0 Å². The topological polar surface area (TPSA) is 64.4 Å². The van der Waals surface area contributed by atoms with Crippen molar-refractivity contribution in [1.82, 2.24) is 5.32 Å². The molecule has 1 aromatic rings. The van der Waals surface area contributed by atoms with Gasteiger partial charge in [0, 0.05) is 11.4 Å². The summed E-state index contributed by atoms with van der Waals surface area (Å²) in [6.07, 6.45) is 0. The molecule has 1 aliphatic heterocycles. The Labute approximate surface area is 98.8 Å². The van der Waals surface area contributed by atoms with Crippen molar-refractivity contribution < 1.29 is 9.53 Å². The third-order valence-electron chi connectivity index (χ3n) is 3.01. The van der Waals surface area contributed by atoms with Crippen LogP contribution in [-0.2, 0) is 16.1 Å². The monoisotopic (exact) mass is 240 g/mol. The number of nitrogens with one attached hydrogen (secondary N) is 1. The lowest BCUT2D eigenvalue weighted by Gasteiger charge is -2.38. The number of hydrogen-bond donors (Lipinski definition) is 2. The Balaban J connectivity index is 1.91. The van der Waals surface area contributed by atoms with Gasteiger partial charge in [-0.25, -0.2) is 0 Å². The maximum absolute atomic E-state index is 11.9. The SMILES string of the molecule is Cc1ccsc1CNC(=O)C1(CN)COC1. The van der Waals surface area contributed by atoms with Crippen LogP contribution in [0.4, 0.5) is 0 Å². The average molecular weight is 240 g/mol. The van der Waals surface area contributed by atoms with E-state index < -0.39 is 5.41 Å². The standard InChI is InChI=1S/C11H16N2O2S/c1-8-2-3-16-9(8)4-13-10(14)11(5-12)6-15-7-11/h2-3H,4-7,12H2,1H3,(H,13,14). The van der Waals surface area contributed by atoms with Gasteiger partial charge < -0.3 is 15.8 Å². The molecule has 3 N–H and O–H groups in total. The van der Waals surface area contributed by atoms with Gasteiger partial charge in [-0.05, 0) is 23.9 Å². The van der Waals surface area contributed by atoms with E-state index in [1.54, 1.807) is 11.3 Å². The Bertz CT molecular complexity index is 380. The van der Waals surface area contributed by atoms with Crippen molar-refractivity contribution in [2.24, 2.45) is 11.1 Å². The maximum atomic E-state index is 11.9. The zero-order chi connectivity index (χ0) is 11.6. The number of hydrogen-bond acceptors (Lipinski definition) is 4. The molecular formula is C11H16N2O2S. The smallest absolute Gasteiger partial charge is 0.232 e. The van der Waals surface area contributed by atoms with Crippen LogP contribution in [0.1, 0.15) is 10.4 Å². The Morgan fingerprint density at radius 2 is 2.44 bits per heavy atom. The van der Waals surface area contributed by atoms with E-state index in [4.69, 9.17) is 10.5 Å². The molecule has 2 rings (SSSR count). The third kappa shape index (κ3) is 1.98. The number of rotatable bonds is 4. The van der Waals surface area contributed by atoms with Gasteiger partial charge in [0.1, 0.15) is 5.41 Å². The molecule has 2 heterocycles. The van der Waals surface area contributed by atoms with Gasteiger partial charge in [0.25, 0.3) is 0 Å². The summed E-state index contributed by atoms with van der Waals surface area (Å²) in [5, 5.41) is 4.96. The highest BCUT2D eigenvalue weighted by Crippen LogP contribution is 2.26. The van der Waals surface area contributed by atoms with E-state index in [0.29, 0.717) is 26.3 Å². The Morgan fingerprint density at radius 1 is 1.69 bits per heavy atom. The van der Waals surface area contributed by atoms with Crippen molar-refractivity contribution in [1.29, 1.82) is 0 Å². The van der Waals surface area contributed by atoms with E-state index in [9.17, 15) is 4.79 Å².